The molecule has 0 aromatic heterocycles. The number of rotatable bonds is 24. The van der Waals surface area contributed by atoms with Crippen molar-refractivity contribution in [2.75, 3.05) is 0 Å². The molecule has 15 heteroatoms. The lowest BCUT2D eigenvalue weighted by molar-refractivity contribution is -0.149. The molecule has 332 valence electrons. The number of ketones is 3. The zero-order valence-electron chi connectivity index (χ0n) is 36.5. The Labute approximate surface area is 340 Å². The number of esters is 4. The van der Waals surface area contributed by atoms with Gasteiger partial charge in [0.1, 0.15) is 30.2 Å². The molecule has 0 spiro atoms. The van der Waals surface area contributed by atoms with Crippen LogP contribution in [0.2, 0.25) is 0 Å². The lowest BCUT2D eigenvalue weighted by Crippen LogP contribution is -2.24. The zero-order chi connectivity index (χ0) is 45.1. The number of carbonyl (C=O) groups is 7. The second kappa shape index (κ2) is 37.8. The van der Waals surface area contributed by atoms with Gasteiger partial charge in [-0.25, -0.2) is 0 Å². The first-order chi connectivity index (χ1) is 26.4. The molecule has 0 aromatic carbocycles. The molecule has 0 aliphatic rings. The third-order valence-corrected chi connectivity index (χ3v) is 7.48. The first-order valence-corrected chi connectivity index (χ1v) is 19.7. The molecule has 0 aliphatic heterocycles. The van der Waals surface area contributed by atoms with Gasteiger partial charge in [-0.3, -0.25) is 33.6 Å². The maximum Gasteiger partial charge on any atom is 0.302 e. The molecule has 0 radical (unpaired) electrons. The van der Waals surface area contributed by atoms with Gasteiger partial charge < -0.3 is 39.4 Å². The highest BCUT2D eigenvalue weighted by molar-refractivity contribution is 5.87. The molecule has 0 amide bonds. The number of hydrogen-bond donors (Lipinski definition) is 4. The standard InChI is InChI=1S/2C12H20O4.C10H18O4.C8H16O3/c2*1-4-11(15)8-12(16-10(3)14)7-5-6-9(2)13;1-4-9(13)6-10(5-7(2)11)14-8(3)12;1-4-8(10)5-6(2)11-7(3)9/h2*5-6,11-12,15H,4,7-8H2,1-3H3;9-10,13H,4-6H2,1-3H3;6,8,10H,4-5H2,1-3H3/b2*6-5+;;. The fourth-order valence-electron chi connectivity index (χ4n) is 4.65. The zero-order valence-corrected chi connectivity index (χ0v) is 36.5. The minimum Gasteiger partial charge on any atom is -0.463 e. The summed E-state index contributed by atoms with van der Waals surface area (Å²) in [4.78, 5) is 75.0. The van der Waals surface area contributed by atoms with Crippen LogP contribution in [0, 0.1) is 0 Å². The van der Waals surface area contributed by atoms with Crippen molar-refractivity contribution in [3.63, 3.8) is 0 Å². The van der Waals surface area contributed by atoms with Gasteiger partial charge in [0.25, 0.3) is 0 Å². The molecule has 0 heterocycles. The van der Waals surface area contributed by atoms with Gasteiger partial charge in [-0.1, -0.05) is 39.8 Å². The SMILES string of the molecule is CCC(O)CC(C)OC(C)=O.CCC(O)CC(C/C=C/C(C)=O)OC(C)=O.CCC(O)CC(C/C=C/C(C)=O)OC(C)=O.CCC(O)CC(CC(C)=O)OC(C)=O. The second-order valence-corrected chi connectivity index (χ2v) is 13.7. The summed E-state index contributed by atoms with van der Waals surface area (Å²) in [7, 11) is 0. The Kier molecular flexibility index (Phi) is 39.7. The monoisotopic (exact) mass is 819 g/mol. The number of carbonyl (C=O) groups excluding carboxylic acids is 7. The maximum absolute atomic E-state index is 10.8. The van der Waals surface area contributed by atoms with Crippen LogP contribution in [0.3, 0.4) is 0 Å². The number of hydrogen-bond acceptors (Lipinski definition) is 15. The largest absolute Gasteiger partial charge is 0.463 e. The number of aliphatic hydroxyl groups excluding tert-OH is 4. The molecule has 0 aliphatic carbocycles. The van der Waals surface area contributed by atoms with Crippen molar-refractivity contribution in [2.24, 2.45) is 0 Å². The van der Waals surface area contributed by atoms with Crippen LogP contribution in [0.15, 0.2) is 24.3 Å². The van der Waals surface area contributed by atoms with E-state index in [0.717, 1.165) is 0 Å². The van der Waals surface area contributed by atoms with E-state index >= 15 is 0 Å². The van der Waals surface area contributed by atoms with E-state index in [2.05, 4.69) is 0 Å². The summed E-state index contributed by atoms with van der Waals surface area (Å²) in [5.41, 5.74) is 0. The summed E-state index contributed by atoms with van der Waals surface area (Å²) in [6.45, 7) is 18.9. The van der Waals surface area contributed by atoms with E-state index in [9.17, 15) is 48.9 Å². The van der Waals surface area contributed by atoms with Crippen LogP contribution < -0.4 is 0 Å². The van der Waals surface area contributed by atoms with Gasteiger partial charge in [-0.15, -0.1) is 0 Å². The minimum atomic E-state index is -0.515. The molecule has 0 rings (SSSR count). The highest BCUT2D eigenvalue weighted by atomic mass is 16.6. The van der Waals surface area contributed by atoms with Crippen LogP contribution in [0.25, 0.3) is 0 Å². The summed E-state index contributed by atoms with van der Waals surface area (Å²) in [6, 6.07) is 0. The van der Waals surface area contributed by atoms with Crippen molar-refractivity contribution in [3.05, 3.63) is 24.3 Å². The van der Waals surface area contributed by atoms with Crippen LogP contribution >= 0.6 is 0 Å². The molecule has 15 nitrogen and oxygen atoms in total. The van der Waals surface area contributed by atoms with E-state index < -0.39 is 30.4 Å². The van der Waals surface area contributed by atoms with E-state index in [0.29, 0.717) is 64.2 Å². The normalized spacial score (nSPS) is 14.9. The Morgan fingerprint density at radius 1 is 0.456 bits per heavy atom. The Bertz CT molecular complexity index is 1130. The van der Waals surface area contributed by atoms with Crippen LogP contribution in [0.4, 0.5) is 0 Å². The predicted molar refractivity (Wildman–Crippen MR) is 216 cm³/mol. The first kappa shape index (κ1) is 59.9. The number of aliphatic hydroxyl groups is 4. The van der Waals surface area contributed by atoms with Gasteiger partial charge in [0.05, 0.1) is 24.4 Å². The topological polar surface area (TPSA) is 237 Å². The lowest BCUT2D eigenvalue weighted by atomic mass is 10.1. The summed E-state index contributed by atoms with van der Waals surface area (Å²) in [6.07, 6.45) is 8.27. The lowest BCUT2D eigenvalue weighted by Gasteiger charge is -2.18. The maximum atomic E-state index is 10.8. The van der Waals surface area contributed by atoms with Gasteiger partial charge in [-0.2, -0.15) is 0 Å². The van der Waals surface area contributed by atoms with Crippen molar-refractivity contribution in [1.82, 2.24) is 0 Å². The Hall–Kier alpha value is -3.79. The Balaban J connectivity index is -0.000000332. The fraction of sp³-hybridized carbons (Fsp3) is 0.738. The van der Waals surface area contributed by atoms with Crippen LogP contribution in [0.1, 0.15) is 154 Å². The Morgan fingerprint density at radius 2 is 0.737 bits per heavy atom. The first-order valence-electron chi connectivity index (χ1n) is 19.7. The number of ether oxygens (including phenoxy) is 4. The Morgan fingerprint density at radius 3 is 1.00 bits per heavy atom. The summed E-state index contributed by atoms with van der Waals surface area (Å²) in [5.74, 6) is -1.58. The third kappa shape index (κ3) is 48.3. The van der Waals surface area contributed by atoms with E-state index in [4.69, 9.17) is 24.1 Å². The molecule has 0 aromatic rings. The van der Waals surface area contributed by atoms with Crippen molar-refractivity contribution in [2.45, 2.75) is 203 Å². The summed E-state index contributed by atoms with van der Waals surface area (Å²) >= 11 is 0. The summed E-state index contributed by atoms with van der Waals surface area (Å²) in [5, 5.41) is 37.4. The molecule has 8 atom stereocenters. The van der Waals surface area contributed by atoms with Gasteiger partial charge in [0.2, 0.25) is 0 Å². The fourth-order valence-corrected chi connectivity index (χ4v) is 4.65. The molecule has 57 heavy (non-hydrogen) atoms. The molecule has 0 fully saturated rings. The number of allylic oxidation sites excluding steroid dienone is 2. The van der Waals surface area contributed by atoms with Gasteiger partial charge in [0, 0.05) is 72.6 Å². The molecule has 4 N–H and O–H groups in total. The van der Waals surface area contributed by atoms with Crippen molar-refractivity contribution in [3.8, 4) is 0 Å². The van der Waals surface area contributed by atoms with Crippen LogP contribution in [-0.2, 0) is 52.5 Å². The van der Waals surface area contributed by atoms with Crippen molar-refractivity contribution in [1.29, 1.82) is 0 Å². The van der Waals surface area contributed by atoms with Crippen LogP contribution in [0.5, 0.6) is 0 Å². The van der Waals surface area contributed by atoms with Gasteiger partial charge in [-0.05, 0) is 65.5 Å². The van der Waals surface area contributed by atoms with Crippen LogP contribution in [-0.4, -0.2) is 110 Å². The van der Waals surface area contributed by atoms with E-state index in [1.807, 2.05) is 27.7 Å². The van der Waals surface area contributed by atoms with Crippen molar-refractivity contribution >= 4 is 41.2 Å². The highest BCUT2D eigenvalue weighted by Gasteiger charge is 2.19. The molecule has 0 bridgehead atoms. The summed E-state index contributed by atoms with van der Waals surface area (Å²) < 4.78 is 19.8. The average Bonchev–Trinajstić information content (AvgIpc) is 3.06. The molecule has 0 saturated heterocycles. The van der Waals surface area contributed by atoms with E-state index in [1.54, 1.807) is 19.1 Å². The predicted octanol–water partition coefficient (Wildman–Crippen LogP) is 5.39. The average molecular weight is 819 g/mol. The molecule has 0 saturated carbocycles. The molecular weight excluding hydrogens is 744 g/mol. The van der Waals surface area contributed by atoms with Gasteiger partial charge in [0.15, 0.2) is 11.6 Å². The highest BCUT2D eigenvalue weighted by Crippen LogP contribution is 2.13. The van der Waals surface area contributed by atoms with Crippen molar-refractivity contribution < 1.29 is 72.9 Å². The van der Waals surface area contributed by atoms with E-state index in [1.165, 1.54) is 60.6 Å². The molecular formula is C42H74O15. The molecule has 8 unspecified atom stereocenters. The second-order valence-electron chi connectivity index (χ2n) is 13.7. The van der Waals surface area contributed by atoms with E-state index in [-0.39, 0.29) is 66.1 Å². The minimum absolute atomic E-state index is 0.0421. The van der Waals surface area contributed by atoms with Gasteiger partial charge >= 0.3 is 23.9 Å². The smallest absolute Gasteiger partial charge is 0.302 e. The number of Topliss-reactive ketones (excluding diaryl/α,β-unsaturated/α-hetero) is 1. The third-order valence-electron chi connectivity index (χ3n) is 7.48. The quantitative estimate of drug-likeness (QED) is 0.0543.